The minimum absolute atomic E-state index is 0.208. The Morgan fingerprint density at radius 1 is 1.33 bits per heavy atom. The third-order valence-corrected chi connectivity index (χ3v) is 6.02. The van der Waals surface area contributed by atoms with Crippen LogP contribution in [0.2, 0.25) is 35.9 Å². The van der Waals surface area contributed by atoms with Crippen molar-refractivity contribution >= 4 is 53.9 Å². The Bertz CT molecular complexity index is 413. The third kappa shape index (κ3) is 5.60. The molecule has 0 bridgehead atoms. The fourth-order valence-electron chi connectivity index (χ4n) is 1.07. The number of hydrogen-bond donors (Lipinski definition) is 0. The van der Waals surface area contributed by atoms with Crippen molar-refractivity contribution in [2.75, 3.05) is 13.4 Å². The van der Waals surface area contributed by atoms with Gasteiger partial charge in [-0.3, -0.25) is 0 Å². The van der Waals surface area contributed by atoms with Crippen LogP contribution in [0.25, 0.3) is 0 Å². The number of halogens is 3. The van der Waals surface area contributed by atoms with Crippen LogP contribution in [0.3, 0.4) is 0 Å². The molecule has 0 aliphatic heterocycles. The van der Waals surface area contributed by atoms with Gasteiger partial charge >= 0.3 is 0 Å². The number of pyridine rings is 1. The van der Waals surface area contributed by atoms with Crippen LogP contribution in [-0.4, -0.2) is 26.5 Å². The molecule has 3 nitrogen and oxygen atoms in total. The van der Waals surface area contributed by atoms with Crippen LogP contribution >= 0.6 is 45.8 Å². The maximum absolute atomic E-state index is 5.97. The van der Waals surface area contributed by atoms with E-state index >= 15 is 0 Å². The minimum Gasteiger partial charge on any atom is -0.465 e. The van der Waals surface area contributed by atoms with E-state index in [4.69, 9.17) is 32.7 Å². The molecular weight excluding hydrogens is 404 g/mol. The van der Waals surface area contributed by atoms with E-state index in [0.29, 0.717) is 10.8 Å². The van der Waals surface area contributed by atoms with Crippen LogP contribution < -0.4 is 4.74 Å². The van der Waals surface area contributed by atoms with E-state index in [1.54, 1.807) is 6.20 Å². The van der Waals surface area contributed by atoms with Crippen LogP contribution in [0, 0.1) is 3.57 Å². The number of hydrogen-bond acceptors (Lipinski definition) is 3. The SMILES string of the molecule is C[Si](C)(C)CCOCOc1cnc(Cl)c(Cl)c1I. The highest BCUT2D eigenvalue weighted by molar-refractivity contribution is 14.1. The lowest BCUT2D eigenvalue weighted by Gasteiger charge is -2.15. The molecular formula is C11H16Cl2INO2Si. The molecule has 0 aromatic carbocycles. The monoisotopic (exact) mass is 419 g/mol. The lowest BCUT2D eigenvalue weighted by molar-refractivity contribution is 0.0213. The van der Waals surface area contributed by atoms with Gasteiger partial charge in [-0.2, -0.15) is 0 Å². The van der Waals surface area contributed by atoms with E-state index < -0.39 is 8.07 Å². The summed E-state index contributed by atoms with van der Waals surface area (Å²) in [5.74, 6) is 0.595. The Kier molecular flexibility index (Phi) is 6.67. The van der Waals surface area contributed by atoms with Gasteiger partial charge in [-0.15, -0.1) is 0 Å². The molecule has 0 radical (unpaired) electrons. The molecule has 0 saturated heterocycles. The van der Waals surface area contributed by atoms with Gasteiger partial charge in [0.1, 0.15) is 5.15 Å². The number of nitrogens with zero attached hydrogens (tertiary/aromatic N) is 1. The Balaban J connectivity index is 2.39. The summed E-state index contributed by atoms with van der Waals surface area (Å²) >= 11 is 13.8. The summed E-state index contributed by atoms with van der Waals surface area (Å²) in [6.07, 6.45) is 1.55. The van der Waals surface area contributed by atoms with Crippen molar-refractivity contribution in [2.24, 2.45) is 0 Å². The maximum atomic E-state index is 5.97. The topological polar surface area (TPSA) is 31.4 Å². The standard InChI is InChI=1S/C11H16Cl2INO2Si/c1-18(2,3)5-4-16-7-17-8-6-15-11(13)9(12)10(8)14/h6H,4-5,7H2,1-3H3. The normalized spacial score (nSPS) is 11.7. The Morgan fingerprint density at radius 3 is 2.61 bits per heavy atom. The first-order chi connectivity index (χ1) is 8.31. The molecule has 0 N–H and O–H groups in total. The summed E-state index contributed by atoms with van der Waals surface area (Å²) in [5.41, 5.74) is 0. The van der Waals surface area contributed by atoms with Crippen LogP contribution in [0.1, 0.15) is 0 Å². The highest BCUT2D eigenvalue weighted by Gasteiger charge is 2.13. The smallest absolute Gasteiger partial charge is 0.189 e. The second-order valence-electron chi connectivity index (χ2n) is 5.02. The van der Waals surface area contributed by atoms with Crippen molar-refractivity contribution in [3.8, 4) is 5.75 Å². The van der Waals surface area contributed by atoms with Crippen molar-refractivity contribution in [2.45, 2.75) is 25.7 Å². The van der Waals surface area contributed by atoms with Crippen molar-refractivity contribution in [3.05, 3.63) is 19.9 Å². The molecule has 1 aromatic rings. The molecule has 0 saturated carbocycles. The average Bonchev–Trinajstić information content (AvgIpc) is 2.27. The summed E-state index contributed by atoms with van der Waals surface area (Å²) in [4.78, 5) is 3.93. The zero-order valence-electron chi connectivity index (χ0n) is 10.6. The predicted molar refractivity (Wildman–Crippen MR) is 86.6 cm³/mol. The molecule has 7 heteroatoms. The van der Waals surface area contributed by atoms with Gasteiger partial charge < -0.3 is 9.47 Å². The van der Waals surface area contributed by atoms with Crippen LogP contribution in [0.15, 0.2) is 6.20 Å². The summed E-state index contributed by atoms with van der Waals surface area (Å²) in [6, 6.07) is 1.12. The molecule has 1 rings (SSSR count). The molecule has 1 heterocycles. The van der Waals surface area contributed by atoms with Crippen molar-refractivity contribution in [3.63, 3.8) is 0 Å². The summed E-state index contributed by atoms with van der Waals surface area (Å²) in [5, 5.41) is 0.699. The largest absolute Gasteiger partial charge is 0.465 e. The molecule has 0 amide bonds. The second-order valence-corrected chi connectivity index (χ2v) is 12.5. The lowest BCUT2D eigenvalue weighted by atomic mass is 10.5. The molecule has 1 aromatic heterocycles. The molecule has 102 valence electrons. The van der Waals surface area contributed by atoms with Gasteiger partial charge in [0, 0.05) is 14.7 Å². The van der Waals surface area contributed by atoms with Crippen molar-refractivity contribution in [1.29, 1.82) is 0 Å². The van der Waals surface area contributed by atoms with Gasteiger partial charge in [0.2, 0.25) is 0 Å². The zero-order chi connectivity index (χ0) is 13.8. The maximum Gasteiger partial charge on any atom is 0.189 e. The Morgan fingerprint density at radius 2 is 2.00 bits per heavy atom. The predicted octanol–water partition coefficient (Wildman–Crippen LogP) is 4.68. The van der Waals surface area contributed by atoms with E-state index in [1.165, 1.54) is 0 Å². The quantitative estimate of drug-likeness (QED) is 0.220. The first-order valence-corrected chi connectivity index (χ1v) is 11.1. The van der Waals surface area contributed by atoms with E-state index in [2.05, 4.69) is 47.2 Å². The van der Waals surface area contributed by atoms with Crippen molar-refractivity contribution < 1.29 is 9.47 Å². The summed E-state index contributed by atoms with van der Waals surface area (Å²) < 4.78 is 11.7. The first-order valence-electron chi connectivity index (χ1n) is 5.51. The van der Waals surface area contributed by atoms with E-state index in [0.717, 1.165) is 16.2 Å². The fraction of sp³-hybridized carbons (Fsp3) is 0.545. The molecule has 18 heavy (non-hydrogen) atoms. The van der Waals surface area contributed by atoms with Gasteiger partial charge in [-0.1, -0.05) is 42.8 Å². The minimum atomic E-state index is -1.05. The van der Waals surface area contributed by atoms with E-state index in [9.17, 15) is 0 Å². The fourth-order valence-corrected chi connectivity index (χ4v) is 2.82. The van der Waals surface area contributed by atoms with E-state index in [-0.39, 0.29) is 11.9 Å². The highest BCUT2D eigenvalue weighted by atomic mass is 127. The molecule has 0 spiro atoms. The highest BCUT2D eigenvalue weighted by Crippen LogP contribution is 2.32. The van der Waals surface area contributed by atoms with Gasteiger partial charge in [-0.25, -0.2) is 4.98 Å². The van der Waals surface area contributed by atoms with Gasteiger partial charge in [0.05, 0.1) is 14.8 Å². The van der Waals surface area contributed by atoms with E-state index in [1.807, 2.05) is 0 Å². The van der Waals surface area contributed by atoms with Crippen molar-refractivity contribution in [1.82, 2.24) is 4.98 Å². The molecule has 0 aliphatic rings. The summed E-state index contributed by atoms with van der Waals surface area (Å²) in [6.45, 7) is 7.86. The van der Waals surface area contributed by atoms with Crippen LogP contribution in [-0.2, 0) is 4.74 Å². The molecule has 0 unspecified atom stereocenters. The number of aromatic nitrogens is 1. The average molecular weight is 420 g/mol. The second kappa shape index (κ2) is 7.28. The van der Waals surface area contributed by atoms with Gasteiger partial charge in [0.25, 0.3) is 0 Å². The van der Waals surface area contributed by atoms with Gasteiger partial charge in [0.15, 0.2) is 12.5 Å². The number of rotatable bonds is 6. The zero-order valence-corrected chi connectivity index (χ0v) is 15.3. The van der Waals surface area contributed by atoms with Crippen LogP contribution in [0.5, 0.6) is 5.75 Å². The molecule has 0 atom stereocenters. The Labute approximate surface area is 132 Å². The van der Waals surface area contributed by atoms with Crippen LogP contribution in [0.4, 0.5) is 0 Å². The van der Waals surface area contributed by atoms with Gasteiger partial charge in [-0.05, 0) is 28.6 Å². The summed E-state index contributed by atoms with van der Waals surface area (Å²) in [7, 11) is -1.05. The lowest BCUT2D eigenvalue weighted by Crippen LogP contribution is -2.22. The Hall–Kier alpha value is 0.437. The third-order valence-electron chi connectivity index (χ3n) is 2.18. The first kappa shape index (κ1) is 16.5. The molecule has 0 fully saturated rings. The molecule has 0 aliphatic carbocycles. The number of ether oxygens (including phenoxy) is 2.